The average Bonchev–Trinajstić information content (AvgIpc) is 3.09. The van der Waals surface area contributed by atoms with E-state index in [2.05, 4.69) is 23.5 Å². The van der Waals surface area contributed by atoms with E-state index >= 15 is 0 Å². The van der Waals surface area contributed by atoms with Gasteiger partial charge in [-0.3, -0.25) is 0 Å². The summed E-state index contributed by atoms with van der Waals surface area (Å²) in [6, 6.07) is 6.70. The fourth-order valence-electron chi connectivity index (χ4n) is 2.30. The summed E-state index contributed by atoms with van der Waals surface area (Å²) in [4.78, 5) is 1.36. The second kappa shape index (κ2) is 3.97. The normalized spacial score (nSPS) is 21.1. The number of rotatable bonds is 3. The fourth-order valence-corrected chi connectivity index (χ4v) is 3.17. The van der Waals surface area contributed by atoms with Crippen molar-refractivity contribution in [1.82, 2.24) is 0 Å². The lowest BCUT2D eigenvalue weighted by atomic mass is 9.97. The van der Waals surface area contributed by atoms with Crippen LogP contribution in [0.5, 0.6) is 0 Å². The van der Waals surface area contributed by atoms with Crippen LogP contribution in [-0.2, 0) is 6.42 Å². The molecule has 1 aromatic rings. The molecule has 0 aromatic heterocycles. The number of benzene rings is 1. The summed E-state index contributed by atoms with van der Waals surface area (Å²) >= 11 is 1.92. The first-order valence-corrected chi connectivity index (χ1v) is 6.90. The van der Waals surface area contributed by atoms with E-state index in [4.69, 9.17) is 0 Å². The molecule has 86 valence electrons. The van der Waals surface area contributed by atoms with Crippen LogP contribution in [-0.4, -0.2) is 24.0 Å². The highest BCUT2D eigenvalue weighted by atomic mass is 32.2. The molecule has 0 bridgehead atoms. The molecule has 1 aromatic carbocycles. The van der Waals surface area contributed by atoms with Crippen molar-refractivity contribution in [2.24, 2.45) is 5.41 Å². The Labute approximate surface area is 100 Å². The molecule has 2 aliphatic rings. The van der Waals surface area contributed by atoms with E-state index in [1.807, 2.05) is 11.8 Å². The van der Waals surface area contributed by atoms with Gasteiger partial charge in [-0.2, -0.15) is 0 Å². The quantitative estimate of drug-likeness (QED) is 0.844. The van der Waals surface area contributed by atoms with Gasteiger partial charge in [0.05, 0.1) is 0 Å². The summed E-state index contributed by atoms with van der Waals surface area (Å²) in [5, 5.41) is 12.8. The third kappa shape index (κ3) is 1.94. The Bertz CT molecular complexity index is 401. The second-order valence-electron chi connectivity index (χ2n) is 4.94. The number of aliphatic hydroxyl groups is 1. The highest BCUT2D eigenvalue weighted by Gasteiger charge is 2.41. The van der Waals surface area contributed by atoms with Crippen molar-refractivity contribution < 1.29 is 5.11 Å². The van der Waals surface area contributed by atoms with Gasteiger partial charge in [-0.1, -0.05) is 6.07 Å². The number of anilines is 1. The van der Waals surface area contributed by atoms with Gasteiger partial charge in [-0.25, -0.2) is 0 Å². The van der Waals surface area contributed by atoms with Gasteiger partial charge in [0.25, 0.3) is 0 Å². The first-order valence-electron chi connectivity index (χ1n) is 5.92. The molecule has 1 saturated carbocycles. The van der Waals surface area contributed by atoms with Crippen molar-refractivity contribution in [3.8, 4) is 0 Å². The minimum absolute atomic E-state index is 0.218. The lowest BCUT2D eigenvalue weighted by Gasteiger charge is -2.19. The number of nitrogens with one attached hydrogen (secondary N) is 1. The first-order chi connectivity index (χ1) is 7.81. The van der Waals surface area contributed by atoms with Crippen LogP contribution in [0.3, 0.4) is 0 Å². The summed E-state index contributed by atoms with van der Waals surface area (Å²) in [5.41, 5.74) is 2.86. The van der Waals surface area contributed by atoms with Gasteiger partial charge in [0, 0.05) is 29.5 Å². The smallest absolute Gasteiger partial charge is 0.0490 e. The standard InChI is InChI=1S/C13H17NOS/c15-9-13(3-4-13)8-10-1-2-12-11(7-10)14-5-6-16-12/h1-2,7,14-15H,3-6,8-9H2. The van der Waals surface area contributed by atoms with Crippen LogP contribution in [0.1, 0.15) is 18.4 Å². The lowest BCUT2D eigenvalue weighted by Crippen LogP contribution is -2.13. The molecule has 2 N–H and O–H groups in total. The minimum Gasteiger partial charge on any atom is -0.396 e. The summed E-state index contributed by atoms with van der Waals surface area (Å²) in [6.45, 7) is 1.40. The summed E-state index contributed by atoms with van der Waals surface area (Å²) in [6.07, 6.45) is 3.40. The van der Waals surface area contributed by atoms with Crippen molar-refractivity contribution in [3.63, 3.8) is 0 Å². The molecule has 0 spiro atoms. The van der Waals surface area contributed by atoms with Crippen molar-refractivity contribution >= 4 is 17.4 Å². The predicted molar refractivity (Wildman–Crippen MR) is 68.1 cm³/mol. The molecule has 16 heavy (non-hydrogen) atoms. The maximum atomic E-state index is 9.34. The molecule has 3 heteroatoms. The van der Waals surface area contributed by atoms with Gasteiger partial charge >= 0.3 is 0 Å². The van der Waals surface area contributed by atoms with Crippen LogP contribution in [0.4, 0.5) is 5.69 Å². The Morgan fingerprint density at radius 3 is 3.00 bits per heavy atom. The number of aliphatic hydroxyl groups excluding tert-OH is 1. The Hall–Kier alpha value is -0.670. The Morgan fingerprint density at radius 2 is 2.25 bits per heavy atom. The zero-order valence-electron chi connectivity index (χ0n) is 9.33. The third-order valence-corrected chi connectivity index (χ3v) is 4.67. The lowest BCUT2D eigenvalue weighted by molar-refractivity contribution is 0.211. The van der Waals surface area contributed by atoms with Crippen LogP contribution in [0, 0.1) is 5.41 Å². The predicted octanol–water partition coefficient (Wildman–Crippen LogP) is 2.52. The minimum atomic E-state index is 0.218. The van der Waals surface area contributed by atoms with Crippen molar-refractivity contribution in [2.75, 3.05) is 24.2 Å². The zero-order valence-corrected chi connectivity index (χ0v) is 10.1. The summed E-state index contributed by atoms with van der Waals surface area (Å²) < 4.78 is 0. The van der Waals surface area contributed by atoms with Crippen LogP contribution in [0.25, 0.3) is 0 Å². The van der Waals surface area contributed by atoms with Gasteiger partial charge in [-0.15, -0.1) is 11.8 Å². The second-order valence-corrected chi connectivity index (χ2v) is 6.08. The van der Waals surface area contributed by atoms with E-state index in [9.17, 15) is 5.11 Å². The van der Waals surface area contributed by atoms with Crippen molar-refractivity contribution in [2.45, 2.75) is 24.2 Å². The van der Waals surface area contributed by atoms with Gasteiger partial charge in [0.15, 0.2) is 0 Å². The molecule has 0 atom stereocenters. The number of fused-ring (bicyclic) bond motifs is 1. The van der Waals surface area contributed by atoms with Gasteiger partial charge in [-0.05, 0) is 42.4 Å². The number of hydrogen-bond donors (Lipinski definition) is 2. The molecule has 3 rings (SSSR count). The Morgan fingerprint density at radius 1 is 1.38 bits per heavy atom. The molecule has 1 aliphatic heterocycles. The van der Waals surface area contributed by atoms with Crippen LogP contribution in [0.2, 0.25) is 0 Å². The molecular formula is C13H17NOS. The molecule has 0 saturated heterocycles. The summed E-state index contributed by atoms with van der Waals surface area (Å²) in [5.74, 6) is 1.16. The molecule has 0 unspecified atom stereocenters. The molecule has 1 fully saturated rings. The monoisotopic (exact) mass is 235 g/mol. The molecule has 1 heterocycles. The van der Waals surface area contributed by atoms with E-state index < -0.39 is 0 Å². The van der Waals surface area contributed by atoms with E-state index in [1.54, 1.807) is 0 Å². The van der Waals surface area contributed by atoms with Gasteiger partial charge in [0.1, 0.15) is 0 Å². The molecule has 0 radical (unpaired) electrons. The number of hydrogen-bond acceptors (Lipinski definition) is 3. The van der Waals surface area contributed by atoms with E-state index in [-0.39, 0.29) is 5.41 Å². The Kier molecular flexibility index (Phi) is 2.60. The summed E-state index contributed by atoms with van der Waals surface area (Å²) in [7, 11) is 0. The van der Waals surface area contributed by atoms with E-state index in [1.165, 1.54) is 29.0 Å². The number of thioether (sulfide) groups is 1. The highest BCUT2D eigenvalue weighted by molar-refractivity contribution is 7.99. The van der Waals surface area contributed by atoms with Gasteiger partial charge in [0.2, 0.25) is 0 Å². The van der Waals surface area contributed by atoms with E-state index in [0.717, 1.165) is 18.7 Å². The van der Waals surface area contributed by atoms with Crippen LogP contribution >= 0.6 is 11.8 Å². The average molecular weight is 235 g/mol. The SMILES string of the molecule is OCC1(Cc2ccc3c(c2)NCCS3)CC1. The highest BCUT2D eigenvalue weighted by Crippen LogP contribution is 2.48. The molecule has 1 aliphatic carbocycles. The fraction of sp³-hybridized carbons (Fsp3) is 0.538. The van der Waals surface area contributed by atoms with Crippen LogP contribution in [0.15, 0.2) is 23.1 Å². The Balaban J connectivity index is 1.80. The maximum absolute atomic E-state index is 9.34. The zero-order chi connectivity index (χ0) is 11.0. The first kappa shape index (κ1) is 10.5. The largest absolute Gasteiger partial charge is 0.396 e. The van der Waals surface area contributed by atoms with Crippen molar-refractivity contribution in [3.05, 3.63) is 23.8 Å². The van der Waals surface area contributed by atoms with Crippen LogP contribution < -0.4 is 5.32 Å². The third-order valence-electron chi connectivity index (χ3n) is 3.59. The molecule has 0 amide bonds. The van der Waals surface area contributed by atoms with Crippen molar-refractivity contribution in [1.29, 1.82) is 0 Å². The topological polar surface area (TPSA) is 32.3 Å². The molecular weight excluding hydrogens is 218 g/mol. The molecule has 2 nitrogen and oxygen atoms in total. The maximum Gasteiger partial charge on any atom is 0.0490 e. The van der Waals surface area contributed by atoms with E-state index in [0.29, 0.717) is 6.61 Å². The van der Waals surface area contributed by atoms with Gasteiger partial charge < -0.3 is 10.4 Å².